The molecule has 2 rings (SSSR count). The molecule has 1 aromatic heterocycles. The van der Waals surface area contributed by atoms with Gasteiger partial charge >= 0.3 is 0 Å². The summed E-state index contributed by atoms with van der Waals surface area (Å²) in [5.41, 5.74) is 1.47. The molecule has 1 heterocycles. The quantitative estimate of drug-likeness (QED) is 0.649. The Labute approximate surface area is 76.2 Å². The van der Waals surface area contributed by atoms with E-state index in [1.165, 1.54) is 0 Å². The van der Waals surface area contributed by atoms with Gasteiger partial charge in [-0.1, -0.05) is 13.0 Å². The van der Waals surface area contributed by atoms with Gasteiger partial charge in [-0.3, -0.25) is 4.98 Å². The molecule has 0 aliphatic rings. The first-order valence-electron chi connectivity index (χ1n) is 4.35. The van der Waals surface area contributed by atoms with Gasteiger partial charge in [0.25, 0.3) is 0 Å². The minimum atomic E-state index is -0.131. The zero-order chi connectivity index (χ0) is 9.26. The number of pyridine rings is 1. The molecule has 0 aliphatic heterocycles. The van der Waals surface area contributed by atoms with Crippen LogP contribution in [0, 0.1) is 5.82 Å². The molecule has 13 heavy (non-hydrogen) atoms. The van der Waals surface area contributed by atoms with E-state index in [2.05, 4.69) is 4.98 Å². The van der Waals surface area contributed by atoms with Crippen molar-refractivity contribution in [2.24, 2.45) is 0 Å². The average Bonchev–Trinajstić information content (AvgIpc) is 2.19. The Balaban J connectivity index is 2.79. The Morgan fingerprint density at radius 1 is 1.31 bits per heavy atom. The van der Waals surface area contributed by atoms with Crippen LogP contribution < -0.4 is 0 Å². The minimum Gasteiger partial charge on any atom is -0.256 e. The van der Waals surface area contributed by atoms with E-state index in [1.54, 1.807) is 24.4 Å². The number of aryl methyl sites for hydroxylation is 1. The van der Waals surface area contributed by atoms with Crippen LogP contribution in [0.25, 0.3) is 10.9 Å². The molecule has 1 aromatic carbocycles. The van der Waals surface area contributed by atoms with Crippen LogP contribution in [0.2, 0.25) is 0 Å². The Morgan fingerprint density at radius 2 is 2.15 bits per heavy atom. The maximum atomic E-state index is 13.6. The molecule has 0 N–H and O–H groups in total. The first kappa shape index (κ1) is 8.17. The van der Waals surface area contributed by atoms with Gasteiger partial charge in [-0.05, 0) is 30.2 Å². The molecule has 0 amide bonds. The van der Waals surface area contributed by atoms with Crippen molar-refractivity contribution in [2.45, 2.75) is 13.3 Å². The van der Waals surface area contributed by atoms with Crippen molar-refractivity contribution in [3.8, 4) is 0 Å². The Morgan fingerprint density at radius 3 is 2.92 bits per heavy atom. The fourth-order valence-corrected chi connectivity index (χ4v) is 1.43. The predicted octanol–water partition coefficient (Wildman–Crippen LogP) is 2.94. The average molecular weight is 175 g/mol. The van der Waals surface area contributed by atoms with E-state index in [0.29, 0.717) is 5.39 Å². The number of halogens is 1. The molecule has 0 saturated carbocycles. The van der Waals surface area contributed by atoms with E-state index >= 15 is 0 Å². The predicted molar refractivity (Wildman–Crippen MR) is 51.1 cm³/mol. The zero-order valence-electron chi connectivity index (χ0n) is 7.42. The Hall–Kier alpha value is -1.44. The normalized spacial score (nSPS) is 10.6. The zero-order valence-corrected chi connectivity index (χ0v) is 7.42. The van der Waals surface area contributed by atoms with Crippen molar-refractivity contribution < 1.29 is 4.39 Å². The molecular weight excluding hydrogens is 165 g/mol. The summed E-state index contributed by atoms with van der Waals surface area (Å²) in [6, 6.07) is 7.17. The number of nitrogens with zero attached hydrogens (tertiary/aromatic N) is 1. The lowest BCUT2D eigenvalue weighted by molar-refractivity contribution is 0.624. The molecule has 0 atom stereocenters. The molecule has 0 aliphatic carbocycles. The van der Waals surface area contributed by atoms with Crippen molar-refractivity contribution in [2.75, 3.05) is 0 Å². The van der Waals surface area contributed by atoms with E-state index in [9.17, 15) is 4.39 Å². The smallest absolute Gasteiger partial charge is 0.135 e. The summed E-state index contributed by atoms with van der Waals surface area (Å²) >= 11 is 0. The van der Waals surface area contributed by atoms with Crippen LogP contribution in [0.1, 0.15) is 12.5 Å². The largest absolute Gasteiger partial charge is 0.256 e. The fourth-order valence-electron chi connectivity index (χ4n) is 1.43. The monoisotopic (exact) mass is 175 g/mol. The van der Waals surface area contributed by atoms with Gasteiger partial charge in [0.05, 0.1) is 5.52 Å². The van der Waals surface area contributed by atoms with Gasteiger partial charge in [0.2, 0.25) is 0 Å². The fraction of sp³-hybridized carbons (Fsp3) is 0.182. The van der Waals surface area contributed by atoms with Gasteiger partial charge in [-0.2, -0.15) is 0 Å². The highest BCUT2D eigenvalue weighted by atomic mass is 19.1. The third kappa shape index (κ3) is 1.28. The van der Waals surface area contributed by atoms with Crippen LogP contribution in [0.3, 0.4) is 0 Å². The third-order valence-corrected chi connectivity index (χ3v) is 2.18. The number of fused-ring (bicyclic) bond motifs is 1. The molecule has 66 valence electrons. The van der Waals surface area contributed by atoms with Crippen LogP contribution in [0.4, 0.5) is 4.39 Å². The number of hydrogen-bond acceptors (Lipinski definition) is 1. The second kappa shape index (κ2) is 3.13. The van der Waals surface area contributed by atoms with Crippen molar-refractivity contribution in [1.82, 2.24) is 4.98 Å². The van der Waals surface area contributed by atoms with Gasteiger partial charge in [0, 0.05) is 11.6 Å². The summed E-state index contributed by atoms with van der Waals surface area (Å²) in [4.78, 5) is 4.08. The molecule has 0 bridgehead atoms. The third-order valence-electron chi connectivity index (χ3n) is 2.18. The number of hydrogen-bond donors (Lipinski definition) is 0. The van der Waals surface area contributed by atoms with E-state index < -0.39 is 0 Å². The maximum absolute atomic E-state index is 13.6. The van der Waals surface area contributed by atoms with Crippen LogP contribution in [0.15, 0.2) is 30.5 Å². The SMILES string of the molecule is CCc1ccc2ncccc2c1F. The maximum Gasteiger partial charge on any atom is 0.135 e. The van der Waals surface area contributed by atoms with Gasteiger partial charge in [0.15, 0.2) is 0 Å². The summed E-state index contributed by atoms with van der Waals surface area (Å²) < 4.78 is 13.6. The van der Waals surface area contributed by atoms with Gasteiger partial charge < -0.3 is 0 Å². The molecule has 0 fully saturated rings. The lowest BCUT2D eigenvalue weighted by Gasteiger charge is -2.02. The van der Waals surface area contributed by atoms with Crippen LogP contribution in [-0.2, 0) is 6.42 Å². The van der Waals surface area contributed by atoms with E-state index in [-0.39, 0.29) is 5.82 Å². The summed E-state index contributed by atoms with van der Waals surface area (Å²) in [7, 11) is 0. The molecule has 2 heteroatoms. The van der Waals surface area contributed by atoms with Crippen molar-refractivity contribution >= 4 is 10.9 Å². The second-order valence-electron chi connectivity index (χ2n) is 2.96. The second-order valence-corrected chi connectivity index (χ2v) is 2.96. The molecular formula is C11H10FN. The number of rotatable bonds is 1. The summed E-state index contributed by atoms with van der Waals surface area (Å²) in [6.45, 7) is 1.95. The highest BCUT2D eigenvalue weighted by Gasteiger charge is 2.04. The minimum absolute atomic E-state index is 0.131. The molecule has 2 aromatic rings. The van der Waals surface area contributed by atoms with Crippen LogP contribution in [0.5, 0.6) is 0 Å². The molecule has 0 saturated heterocycles. The Bertz CT molecular complexity index is 437. The van der Waals surface area contributed by atoms with Gasteiger partial charge in [-0.25, -0.2) is 4.39 Å². The lowest BCUT2D eigenvalue weighted by Crippen LogP contribution is -1.90. The van der Waals surface area contributed by atoms with Crippen LogP contribution >= 0.6 is 0 Å². The summed E-state index contributed by atoms with van der Waals surface area (Å²) in [6.07, 6.45) is 2.39. The van der Waals surface area contributed by atoms with E-state index in [4.69, 9.17) is 0 Å². The molecule has 0 radical (unpaired) electrons. The first-order chi connectivity index (χ1) is 6.33. The van der Waals surface area contributed by atoms with Crippen molar-refractivity contribution in [3.05, 3.63) is 41.8 Å². The Kier molecular flexibility index (Phi) is 1.97. The number of aromatic nitrogens is 1. The van der Waals surface area contributed by atoms with E-state index in [0.717, 1.165) is 17.5 Å². The number of benzene rings is 1. The first-order valence-corrected chi connectivity index (χ1v) is 4.35. The summed E-state index contributed by atoms with van der Waals surface area (Å²) in [5.74, 6) is -0.131. The van der Waals surface area contributed by atoms with Crippen molar-refractivity contribution in [1.29, 1.82) is 0 Å². The van der Waals surface area contributed by atoms with Crippen LogP contribution in [-0.4, -0.2) is 4.98 Å². The molecule has 0 spiro atoms. The highest BCUT2D eigenvalue weighted by molar-refractivity contribution is 5.79. The lowest BCUT2D eigenvalue weighted by atomic mass is 10.1. The molecule has 0 unspecified atom stereocenters. The van der Waals surface area contributed by atoms with Gasteiger partial charge in [-0.15, -0.1) is 0 Å². The molecule has 1 nitrogen and oxygen atoms in total. The van der Waals surface area contributed by atoms with E-state index in [1.807, 2.05) is 13.0 Å². The summed E-state index contributed by atoms with van der Waals surface area (Å²) in [5, 5.41) is 0.613. The van der Waals surface area contributed by atoms with Gasteiger partial charge in [0.1, 0.15) is 5.82 Å². The van der Waals surface area contributed by atoms with Crippen molar-refractivity contribution in [3.63, 3.8) is 0 Å². The standard InChI is InChI=1S/C11H10FN/c1-2-8-5-6-10-9(11(8)12)4-3-7-13-10/h3-7H,2H2,1H3. The topological polar surface area (TPSA) is 12.9 Å². The highest BCUT2D eigenvalue weighted by Crippen LogP contribution is 2.19.